The summed E-state index contributed by atoms with van der Waals surface area (Å²) in [6, 6.07) is 0. The predicted octanol–water partition coefficient (Wildman–Crippen LogP) is 12.9. The fourth-order valence-electron chi connectivity index (χ4n) is 14.1. The van der Waals surface area contributed by atoms with E-state index in [1.165, 1.54) is 12.3 Å². The van der Waals surface area contributed by atoms with Crippen LogP contribution in [0.1, 0.15) is 210 Å². The van der Waals surface area contributed by atoms with E-state index in [1.54, 1.807) is 62.3 Å². The highest BCUT2D eigenvalue weighted by Gasteiger charge is 2.60. The van der Waals surface area contributed by atoms with Gasteiger partial charge in [-0.15, -0.1) is 13.2 Å². The van der Waals surface area contributed by atoms with Crippen LogP contribution in [-0.2, 0) is 88.8 Å². The van der Waals surface area contributed by atoms with E-state index in [-0.39, 0.29) is 132 Å². The first kappa shape index (κ1) is 123. The molecule has 11 rings (SSSR count). The van der Waals surface area contributed by atoms with Crippen molar-refractivity contribution >= 4 is 51.5 Å². The lowest BCUT2D eigenvalue weighted by molar-refractivity contribution is -0.217. The number of azide groups is 1. The van der Waals surface area contributed by atoms with Crippen molar-refractivity contribution in [3.8, 4) is 0 Å². The van der Waals surface area contributed by atoms with Gasteiger partial charge in [0, 0.05) is 68.7 Å². The Balaban J connectivity index is 0.000000407. The quantitative estimate of drug-likeness (QED) is 0.0143. The molecule has 0 radical (unpaired) electrons. The third-order valence-electron chi connectivity index (χ3n) is 26.0. The molecule has 0 aliphatic carbocycles. The number of amides is 3. The van der Waals surface area contributed by atoms with Crippen LogP contribution in [0.5, 0.6) is 0 Å². The summed E-state index contributed by atoms with van der Waals surface area (Å²) >= 11 is 0. The molecule has 0 spiro atoms. The smallest absolute Gasteiger partial charge is 0.431 e. The van der Waals surface area contributed by atoms with Crippen molar-refractivity contribution in [2.45, 2.75) is 425 Å². The van der Waals surface area contributed by atoms with Gasteiger partial charge in [-0.25, -0.2) is 19.4 Å². The number of hydrogen-bond acceptors (Lipinski definition) is 33. The molecule has 11 fully saturated rings. The van der Waals surface area contributed by atoms with E-state index in [4.69, 9.17) is 111 Å². The molecule has 5 unspecified atom stereocenters. The van der Waals surface area contributed by atoms with Crippen LogP contribution in [0.2, 0.25) is 72.5 Å². The van der Waals surface area contributed by atoms with Crippen molar-refractivity contribution in [3.63, 3.8) is 0 Å². The third kappa shape index (κ3) is 35.8. The van der Waals surface area contributed by atoms with E-state index >= 15 is 0 Å². The third-order valence-corrected chi connectivity index (χ3v) is 44.0. The minimum atomic E-state index is -1.86. The number of carbonyl (C=O) groups excluding carboxylic acids is 3. The molecule has 11 saturated heterocycles. The van der Waals surface area contributed by atoms with Gasteiger partial charge in [0.1, 0.15) is 59.5 Å². The summed E-state index contributed by atoms with van der Waals surface area (Å²) < 4.78 is 116. The molecular formula is C92H181N7O31Si4. The van der Waals surface area contributed by atoms with Crippen molar-refractivity contribution in [2.75, 3.05) is 92.1 Å². The molecule has 134 heavy (non-hydrogen) atoms. The highest BCUT2D eigenvalue weighted by atomic mass is 28.4. The molecule has 38 nitrogen and oxygen atoms in total. The van der Waals surface area contributed by atoms with E-state index in [2.05, 4.69) is 171 Å². The summed E-state index contributed by atoms with van der Waals surface area (Å²) in [5.41, 5.74) is 7.45. The first-order chi connectivity index (χ1) is 61.2. The predicted molar refractivity (Wildman–Crippen MR) is 516 cm³/mol. The lowest BCUT2D eigenvalue weighted by atomic mass is 9.99. The summed E-state index contributed by atoms with van der Waals surface area (Å²) in [5, 5.41) is 94.0. The van der Waals surface area contributed by atoms with Crippen LogP contribution < -0.4 is 5.32 Å². The van der Waals surface area contributed by atoms with Crippen LogP contribution in [0.3, 0.4) is 0 Å². The second-order valence-corrected chi connectivity index (χ2v) is 65.8. The number of nitrogens with zero attached hydrogens (tertiary/aromatic N) is 6. The minimum absolute atomic E-state index is 0.0200. The summed E-state index contributed by atoms with van der Waals surface area (Å²) in [4.78, 5) is 40.4. The maximum Gasteiger partial charge on any atom is 0.431 e. The zero-order chi connectivity index (χ0) is 105. The second kappa shape index (κ2) is 48.7. The number of fused-ring (bicyclic) bond motifs is 4. The molecule has 11 aliphatic heterocycles. The van der Waals surface area contributed by atoms with E-state index in [0.29, 0.717) is 39.5 Å². The highest BCUT2D eigenvalue weighted by Crippen LogP contribution is 2.48. The Morgan fingerprint density at radius 2 is 0.873 bits per heavy atom. The van der Waals surface area contributed by atoms with Crippen molar-refractivity contribution in [1.29, 1.82) is 0 Å². The summed E-state index contributed by atoms with van der Waals surface area (Å²) in [7, 11) is -6.04. The van der Waals surface area contributed by atoms with Crippen molar-refractivity contribution in [2.24, 2.45) is 34.7 Å². The van der Waals surface area contributed by atoms with Gasteiger partial charge in [-0.05, 0) is 201 Å². The van der Waals surface area contributed by atoms with Crippen molar-refractivity contribution < 1.29 is 150 Å². The molecular weight excluding hydrogens is 1810 g/mol. The largest absolute Gasteiger partial charge is 0.444 e. The van der Waals surface area contributed by atoms with Gasteiger partial charge in [0.05, 0.1) is 89.9 Å². The fourth-order valence-corrected chi connectivity index (χ4v) is 18.2. The lowest BCUT2D eigenvalue weighted by Crippen LogP contribution is -2.51. The van der Waals surface area contributed by atoms with Crippen LogP contribution in [0.4, 0.5) is 14.4 Å². The number of ether oxygens (including phenoxy) is 15. The molecule has 3 amide bonds. The maximum atomic E-state index is 12.2. The van der Waals surface area contributed by atoms with Gasteiger partial charge < -0.3 is 145 Å². The average molecular weight is 1990 g/mol. The molecule has 42 heteroatoms. The molecule has 11 heterocycles. The number of hydrogen-bond donors (Lipinski definition) is 10. The molecule has 10 N–H and O–H groups in total. The van der Waals surface area contributed by atoms with Gasteiger partial charge in [0.25, 0.3) is 0 Å². The van der Waals surface area contributed by atoms with Crippen molar-refractivity contribution in [3.05, 3.63) is 35.8 Å². The van der Waals surface area contributed by atoms with Gasteiger partial charge in [-0.1, -0.05) is 102 Å². The average Bonchev–Trinajstić information content (AvgIpc) is 1.63. The zero-order valence-electron chi connectivity index (χ0n) is 89.4. The Bertz CT molecular complexity index is 3700. The monoisotopic (exact) mass is 1990 g/mol. The van der Waals surface area contributed by atoms with E-state index in [1.807, 2.05) is 55.4 Å². The van der Waals surface area contributed by atoms with Crippen LogP contribution >= 0.6 is 0 Å². The van der Waals surface area contributed by atoms with Gasteiger partial charge >= 0.3 is 18.3 Å². The summed E-state index contributed by atoms with van der Waals surface area (Å²) in [6.45, 7) is 87.8. The first-order valence-corrected chi connectivity index (χ1v) is 58.2. The fraction of sp³-hybridized carbons (Fsp3) is 0.924. The molecule has 0 bridgehead atoms. The molecule has 0 aromatic carbocycles. The zero-order valence-corrected chi connectivity index (χ0v) is 92.4. The standard InChI is InChI=1S/C15H29N3O4Si.C15H30O5Si.C15H28O4Si.C14H26N2O6.C14H28O5Si.C11H21NO5.C5H11NO2.C2H4.CH4/c1-14(2,3)23(6,7)19-9-11-10(8-17-18-16)12-13(20-11)22-15(4,5)21-12;1-14(2,3)21(6,7)17-9-11-10(8-16)12-13(18-11)20-15(4,5)19-12;1-10-11(9-16-20(7,8)14(2,3)4)17-13-12(10)18-15(5,6)19-13;1-13(2,3)21-11(19)15-7-9(8-17)10(18)16(15)12(20)22-14(4,5)6;1-13(2,3)20(6,7)16-8-9-10(15)11-12(17-9)19-14(4,5)18-11;1-11(2,3)17-10(16)12-4-7(8(14)5-12)9(15)6-13;7-3-4-1-6-2-5(4)8;1-2;/h10-13H,8-9H2,1-7H3;10-13,16H,8-9H2,1-7H3;11-13H,1,9H2,2-8H3;9-10,17-18H,7-8H2,1-6H3;9-12,15H,8H2,1-7H3;7-9,13-15H,4-6H2,1-3H3;4-8H,1-3H2;1-2H2;1H4/t2*10-,11+,12+,13?;11-,12-,13?;9-,10-;9-,10+,11-,12?;7-,8+,9?;4-,5+;;/m0011101../s1/i;;;;;;;;1D. The number of carbonyl (C=O) groups is 3. The molecule has 786 valence electrons. The molecule has 0 aromatic rings. The lowest BCUT2D eigenvalue weighted by Gasteiger charge is -2.37. The van der Waals surface area contributed by atoms with Crippen LogP contribution in [0.25, 0.3) is 10.4 Å². The summed E-state index contributed by atoms with van der Waals surface area (Å²) in [6.07, 6.45) is -9.93. The van der Waals surface area contributed by atoms with Crippen LogP contribution in [0.15, 0.2) is 30.4 Å². The van der Waals surface area contributed by atoms with E-state index in [9.17, 15) is 45.0 Å². The Kier molecular flexibility index (Phi) is 44.6. The van der Waals surface area contributed by atoms with Gasteiger partial charge in [0.2, 0.25) is 0 Å². The maximum absolute atomic E-state index is 12.2. The number of likely N-dealkylation sites (tertiary alicyclic amines) is 1. The minimum Gasteiger partial charge on any atom is -0.444 e. The van der Waals surface area contributed by atoms with Crippen LogP contribution in [-0.4, -0.2) is 349 Å². The number of aliphatic hydroxyl groups is 9. The number of β-amino-alcohol motifs (C(OH)–C–C–N with tert-alkyl or cyclic N) is 2. The molecule has 0 saturated carbocycles. The van der Waals surface area contributed by atoms with Gasteiger partial charge in [-0.3, -0.25) is 0 Å². The van der Waals surface area contributed by atoms with Crippen LogP contribution in [0, 0.1) is 29.6 Å². The Hall–Kier alpha value is -3.57. The molecule has 11 aliphatic rings. The summed E-state index contributed by atoms with van der Waals surface area (Å²) in [5.74, 6) is -3.89. The SMILES string of the molecule is C=C.C=C1[C@H]2OC(C)(C)OC2O[C@@H]1CO[Si](C)(C)C(C)(C)C.CC(C)(C)OC(=O)N1C[C@@H](O)[C@@H](C(O)CO)C1.CC(C)(C)OC(=O)N1C[C@H](CO)[C@@H](O)N1C(=O)OC(C)(C)C.CC1(C)OC2O[C@H](CO[Si](C)(C)C(C)(C)C)[C@H](CN=[N+]=[N-])[C@H]2O1.CC1(C)OC2O[C@H](CO[Si](C)(C)C(C)(C)C)[C@H](CO)[C@H]2O1.CC1(C)OC2O[C@H](CO[Si](C)(C)C(C)(C)C)[C@H](O)[C@H]2O1.OC[C@H]1CNC[C@@H]1O.[2H]C. The Labute approximate surface area is 806 Å². The molecule has 0 aromatic heterocycles. The normalized spacial score (nSPS) is 31.5. The Morgan fingerprint density at radius 1 is 0.500 bits per heavy atom. The number of nitrogens with one attached hydrogen (secondary N) is 1. The van der Waals surface area contributed by atoms with Gasteiger partial charge in [-0.2, -0.15) is 5.01 Å². The number of rotatable bonds is 19. The number of aliphatic hydroxyl groups excluding tert-OH is 9. The van der Waals surface area contributed by atoms with Crippen molar-refractivity contribution in [1.82, 2.24) is 20.2 Å². The second-order valence-electron chi connectivity index (χ2n) is 46.5. The number of hydrazine groups is 1. The van der Waals surface area contributed by atoms with Gasteiger partial charge in [0.15, 0.2) is 87.8 Å². The van der Waals surface area contributed by atoms with E-state index in [0.717, 1.165) is 22.1 Å². The Morgan fingerprint density at radius 3 is 1.25 bits per heavy atom. The highest BCUT2D eigenvalue weighted by molar-refractivity contribution is 6.75. The first-order valence-electron chi connectivity index (χ1n) is 47.6. The van der Waals surface area contributed by atoms with E-state index < -0.39 is 159 Å². The molecule has 22 atom stereocenters. The topological polar surface area (TPSA) is 479 Å².